The molecular formula is C18H28N2O3. The molecule has 0 aliphatic carbocycles. The number of methoxy groups -OCH3 is 1. The highest BCUT2D eigenvalue weighted by Crippen LogP contribution is 2.38. The third kappa shape index (κ3) is 4.16. The van der Waals surface area contributed by atoms with E-state index in [1.165, 1.54) is 5.56 Å². The number of carbonyl (C=O) groups excluding carboxylic acids is 1. The third-order valence-electron chi connectivity index (χ3n) is 4.33. The van der Waals surface area contributed by atoms with Crippen LogP contribution >= 0.6 is 0 Å². The fraction of sp³-hybridized carbons (Fsp3) is 0.611. The summed E-state index contributed by atoms with van der Waals surface area (Å²) in [6.07, 6.45) is 1.50. The second kappa shape index (κ2) is 6.79. The van der Waals surface area contributed by atoms with Crippen molar-refractivity contribution in [3.8, 4) is 5.75 Å². The molecule has 0 aromatic heterocycles. The SMILES string of the molecule is COc1ccc([C@]2(CCN)CCN(C(=O)OC(C)(C)C)C2)cc1. The Morgan fingerprint density at radius 3 is 2.48 bits per heavy atom. The number of hydrogen-bond acceptors (Lipinski definition) is 4. The van der Waals surface area contributed by atoms with Crippen LogP contribution in [0.1, 0.15) is 39.2 Å². The largest absolute Gasteiger partial charge is 0.497 e. The van der Waals surface area contributed by atoms with E-state index in [0.29, 0.717) is 19.6 Å². The minimum absolute atomic E-state index is 0.0993. The Kier molecular flexibility index (Phi) is 5.19. The number of nitrogens with zero attached hydrogens (tertiary/aromatic N) is 1. The molecule has 1 atom stereocenters. The average molecular weight is 320 g/mol. The van der Waals surface area contributed by atoms with Crippen LogP contribution in [0.4, 0.5) is 4.79 Å². The van der Waals surface area contributed by atoms with E-state index >= 15 is 0 Å². The average Bonchev–Trinajstić information content (AvgIpc) is 2.92. The van der Waals surface area contributed by atoms with E-state index in [2.05, 4.69) is 12.1 Å². The molecule has 1 aromatic rings. The zero-order valence-corrected chi connectivity index (χ0v) is 14.6. The van der Waals surface area contributed by atoms with Gasteiger partial charge in [0.15, 0.2) is 0 Å². The number of rotatable bonds is 4. The predicted molar refractivity (Wildman–Crippen MR) is 90.8 cm³/mol. The van der Waals surface area contributed by atoms with Crippen LogP contribution in [0.2, 0.25) is 0 Å². The lowest BCUT2D eigenvalue weighted by Crippen LogP contribution is -2.39. The van der Waals surface area contributed by atoms with E-state index in [9.17, 15) is 4.79 Å². The second-order valence-electron chi connectivity index (χ2n) is 7.20. The van der Waals surface area contributed by atoms with E-state index in [4.69, 9.17) is 15.2 Å². The maximum Gasteiger partial charge on any atom is 0.410 e. The van der Waals surface area contributed by atoms with Crippen LogP contribution in [0.3, 0.4) is 0 Å². The Morgan fingerprint density at radius 2 is 1.96 bits per heavy atom. The first-order chi connectivity index (χ1) is 10.8. The maximum atomic E-state index is 12.3. The molecule has 0 radical (unpaired) electrons. The van der Waals surface area contributed by atoms with Crippen LogP contribution in [0, 0.1) is 0 Å². The predicted octanol–water partition coefficient (Wildman–Crippen LogP) is 2.92. The molecule has 1 aliphatic heterocycles. The molecule has 1 aromatic carbocycles. The molecule has 0 bridgehead atoms. The summed E-state index contributed by atoms with van der Waals surface area (Å²) < 4.78 is 10.7. The summed E-state index contributed by atoms with van der Waals surface area (Å²) in [6.45, 7) is 7.59. The number of amides is 1. The van der Waals surface area contributed by atoms with Gasteiger partial charge in [-0.3, -0.25) is 0 Å². The zero-order valence-electron chi connectivity index (χ0n) is 14.6. The summed E-state index contributed by atoms with van der Waals surface area (Å²) in [5.74, 6) is 0.832. The molecular weight excluding hydrogens is 292 g/mol. The molecule has 2 N–H and O–H groups in total. The summed E-state index contributed by atoms with van der Waals surface area (Å²) in [5, 5.41) is 0. The zero-order chi connectivity index (χ0) is 17.1. The lowest BCUT2D eigenvalue weighted by molar-refractivity contribution is 0.0283. The summed E-state index contributed by atoms with van der Waals surface area (Å²) in [6, 6.07) is 8.08. The molecule has 1 fully saturated rings. The molecule has 5 heteroatoms. The Hall–Kier alpha value is -1.75. The summed E-state index contributed by atoms with van der Waals surface area (Å²) >= 11 is 0. The summed E-state index contributed by atoms with van der Waals surface area (Å²) in [7, 11) is 1.66. The highest BCUT2D eigenvalue weighted by atomic mass is 16.6. The normalized spacial score (nSPS) is 21.3. The molecule has 23 heavy (non-hydrogen) atoms. The molecule has 0 unspecified atom stereocenters. The van der Waals surface area contributed by atoms with E-state index in [1.54, 1.807) is 12.0 Å². The van der Waals surface area contributed by atoms with E-state index in [0.717, 1.165) is 18.6 Å². The lowest BCUT2D eigenvalue weighted by Gasteiger charge is -2.30. The molecule has 5 nitrogen and oxygen atoms in total. The Labute approximate surface area is 138 Å². The molecule has 1 saturated heterocycles. The molecule has 0 saturated carbocycles. The lowest BCUT2D eigenvalue weighted by atomic mass is 9.77. The highest BCUT2D eigenvalue weighted by Gasteiger charge is 2.41. The minimum atomic E-state index is -0.476. The molecule has 128 valence electrons. The Bertz CT molecular complexity index is 536. The van der Waals surface area contributed by atoms with Gasteiger partial charge in [-0.1, -0.05) is 12.1 Å². The van der Waals surface area contributed by atoms with Crippen molar-refractivity contribution in [1.29, 1.82) is 0 Å². The topological polar surface area (TPSA) is 64.8 Å². The first kappa shape index (κ1) is 17.6. The van der Waals surface area contributed by atoms with Gasteiger partial charge in [-0.05, 0) is 57.9 Å². The molecule has 2 rings (SSSR count). The van der Waals surface area contributed by atoms with Crippen molar-refractivity contribution in [2.24, 2.45) is 5.73 Å². The van der Waals surface area contributed by atoms with Gasteiger partial charge >= 0.3 is 6.09 Å². The van der Waals surface area contributed by atoms with Crippen molar-refractivity contribution in [2.75, 3.05) is 26.7 Å². The smallest absolute Gasteiger partial charge is 0.410 e. The quantitative estimate of drug-likeness (QED) is 0.926. The fourth-order valence-corrected chi connectivity index (χ4v) is 3.16. The van der Waals surface area contributed by atoms with Crippen molar-refractivity contribution < 1.29 is 14.3 Å². The molecule has 1 heterocycles. The molecule has 1 aliphatic rings. The number of nitrogens with two attached hydrogens (primary N) is 1. The number of hydrogen-bond donors (Lipinski definition) is 1. The van der Waals surface area contributed by atoms with Gasteiger partial charge in [-0.15, -0.1) is 0 Å². The van der Waals surface area contributed by atoms with Crippen LogP contribution in [0.25, 0.3) is 0 Å². The summed E-state index contributed by atoms with van der Waals surface area (Å²) in [5.41, 5.74) is 6.48. The first-order valence-electron chi connectivity index (χ1n) is 8.12. The Balaban J connectivity index is 2.17. The van der Waals surface area contributed by atoms with Gasteiger partial charge in [0.1, 0.15) is 11.4 Å². The minimum Gasteiger partial charge on any atom is -0.497 e. The van der Waals surface area contributed by atoms with Gasteiger partial charge in [0.2, 0.25) is 0 Å². The first-order valence-corrected chi connectivity index (χ1v) is 8.12. The van der Waals surface area contributed by atoms with Crippen LogP contribution in [0.5, 0.6) is 5.75 Å². The van der Waals surface area contributed by atoms with Gasteiger partial charge in [-0.25, -0.2) is 4.79 Å². The monoisotopic (exact) mass is 320 g/mol. The van der Waals surface area contributed by atoms with Crippen molar-refractivity contribution >= 4 is 6.09 Å². The van der Waals surface area contributed by atoms with E-state index in [1.807, 2.05) is 32.9 Å². The fourth-order valence-electron chi connectivity index (χ4n) is 3.16. The van der Waals surface area contributed by atoms with Crippen LogP contribution in [0.15, 0.2) is 24.3 Å². The number of benzene rings is 1. The number of ether oxygens (including phenoxy) is 2. The third-order valence-corrected chi connectivity index (χ3v) is 4.33. The van der Waals surface area contributed by atoms with Crippen molar-refractivity contribution in [3.63, 3.8) is 0 Å². The molecule has 1 amide bonds. The second-order valence-corrected chi connectivity index (χ2v) is 7.20. The van der Waals surface area contributed by atoms with Crippen LogP contribution in [-0.4, -0.2) is 43.3 Å². The summed E-state index contributed by atoms with van der Waals surface area (Å²) in [4.78, 5) is 14.1. The van der Waals surface area contributed by atoms with E-state index in [-0.39, 0.29) is 11.5 Å². The Morgan fingerprint density at radius 1 is 1.30 bits per heavy atom. The van der Waals surface area contributed by atoms with Crippen molar-refractivity contribution in [2.45, 2.75) is 44.6 Å². The van der Waals surface area contributed by atoms with Gasteiger partial charge in [0, 0.05) is 18.5 Å². The van der Waals surface area contributed by atoms with Gasteiger partial charge in [-0.2, -0.15) is 0 Å². The van der Waals surface area contributed by atoms with Gasteiger partial charge in [0.05, 0.1) is 7.11 Å². The van der Waals surface area contributed by atoms with Gasteiger partial charge in [0.25, 0.3) is 0 Å². The van der Waals surface area contributed by atoms with Crippen LogP contribution < -0.4 is 10.5 Å². The van der Waals surface area contributed by atoms with Crippen LogP contribution in [-0.2, 0) is 10.2 Å². The van der Waals surface area contributed by atoms with Crippen molar-refractivity contribution in [3.05, 3.63) is 29.8 Å². The van der Waals surface area contributed by atoms with Crippen molar-refractivity contribution in [1.82, 2.24) is 4.90 Å². The molecule has 0 spiro atoms. The highest BCUT2D eigenvalue weighted by molar-refractivity contribution is 5.69. The number of likely N-dealkylation sites (tertiary alicyclic amines) is 1. The maximum absolute atomic E-state index is 12.3. The number of carbonyl (C=O) groups is 1. The standard InChI is InChI=1S/C18H28N2O3/c1-17(2,3)23-16(21)20-12-10-18(13-20,9-11-19)14-5-7-15(22-4)8-6-14/h5-8H,9-13,19H2,1-4H3/t18-/m1/s1. The van der Waals surface area contributed by atoms with Gasteiger partial charge < -0.3 is 20.1 Å². The van der Waals surface area contributed by atoms with E-state index < -0.39 is 5.60 Å².